The Kier molecular flexibility index (Phi) is 9.11. The van der Waals surface area contributed by atoms with E-state index in [0.717, 1.165) is 23.3 Å². The number of hydrogen-bond donors (Lipinski definition) is 4. The molecule has 1 fully saturated rings. The number of halogens is 1. The van der Waals surface area contributed by atoms with Gasteiger partial charge in [-0.25, -0.2) is 0 Å². The predicted octanol–water partition coefficient (Wildman–Crippen LogP) is 2.77. The van der Waals surface area contributed by atoms with Crippen LogP contribution in [0, 0.1) is 0 Å². The van der Waals surface area contributed by atoms with Crippen LogP contribution in [0.1, 0.15) is 49.5 Å². The summed E-state index contributed by atoms with van der Waals surface area (Å²) < 4.78 is 11.4. The molecule has 33 heavy (non-hydrogen) atoms. The van der Waals surface area contributed by atoms with Crippen molar-refractivity contribution in [3.63, 3.8) is 0 Å². The lowest BCUT2D eigenvalue weighted by Crippen LogP contribution is -2.55. The highest BCUT2D eigenvalue weighted by Crippen LogP contribution is 2.35. The molecule has 0 radical (unpaired) electrons. The Morgan fingerprint density at radius 3 is 2.45 bits per heavy atom. The highest BCUT2D eigenvalue weighted by Gasteiger charge is 2.44. The zero-order valence-corrected chi connectivity index (χ0v) is 19.7. The van der Waals surface area contributed by atoms with Gasteiger partial charge in [-0.3, -0.25) is 4.79 Å². The Hall–Kier alpha value is -2.16. The van der Waals surface area contributed by atoms with Crippen LogP contribution in [0.15, 0.2) is 42.5 Å². The number of amides is 1. The second-order valence-corrected chi connectivity index (χ2v) is 8.63. The third-order valence-electron chi connectivity index (χ3n) is 5.70. The molecule has 0 aromatic heterocycles. The van der Waals surface area contributed by atoms with Crippen LogP contribution in [-0.4, -0.2) is 58.8 Å². The molecule has 1 amide bonds. The molecule has 0 unspecified atom stereocenters. The van der Waals surface area contributed by atoms with Gasteiger partial charge in [0.15, 0.2) is 0 Å². The number of aliphatic hydroxyl groups is 3. The Balaban J connectivity index is 1.78. The highest BCUT2D eigenvalue weighted by molar-refractivity contribution is 6.31. The van der Waals surface area contributed by atoms with Crippen LogP contribution in [0.2, 0.25) is 5.02 Å². The molecular formula is C25H32ClNO6. The largest absolute Gasteiger partial charge is 0.494 e. The summed E-state index contributed by atoms with van der Waals surface area (Å²) in [7, 11) is 0. The number of nitrogens with one attached hydrogen (secondary N) is 1. The zero-order valence-electron chi connectivity index (χ0n) is 18.9. The minimum atomic E-state index is -1.45. The summed E-state index contributed by atoms with van der Waals surface area (Å²) in [5, 5.41) is 34.7. The third kappa shape index (κ3) is 6.46. The maximum atomic E-state index is 12.1. The number of aliphatic hydroxyl groups excluding tert-OH is 3. The topological polar surface area (TPSA) is 108 Å². The molecule has 0 aliphatic carbocycles. The first kappa shape index (κ1) is 25.5. The average Bonchev–Trinajstić information content (AvgIpc) is 2.81. The van der Waals surface area contributed by atoms with Crippen molar-refractivity contribution in [2.75, 3.05) is 13.2 Å². The van der Waals surface area contributed by atoms with Crippen molar-refractivity contribution < 1.29 is 29.6 Å². The van der Waals surface area contributed by atoms with E-state index in [1.54, 1.807) is 12.1 Å². The van der Waals surface area contributed by atoms with Gasteiger partial charge in [-0.2, -0.15) is 0 Å². The number of carbonyl (C=O) groups is 1. The van der Waals surface area contributed by atoms with E-state index in [-0.39, 0.29) is 12.3 Å². The summed E-state index contributed by atoms with van der Waals surface area (Å²) in [6.45, 7) is 4.98. The van der Waals surface area contributed by atoms with Crippen LogP contribution in [0.5, 0.6) is 5.75 Å². The van der Waals surface area contributed by atoms with E-state index in [2.05, 4.69) is 5.32 Å². The standard InChI is InChI=1S/C25H32ClNO6/c1-3-11-27-21(28)14-20-22(29)23(30)24(31)25(33-20)16-7-10-19(26)17(13-16)12-15-5-8-18(9-6-15)32-4-2/h5-10,13,20,22-25,29-31H,3-4,11-12,14H2,1-2H3,(H,27,28)/t20-,22+,23+,24+,25-/m0/s1. The Bertz CT molecular complexity index is 922. The summed E-state index contributed by atoms with van der Waals surface area (Å²) in [5.41, 5.74) is 2.47. The van der Waals surface area contributed by atoms with Crippen molar-refractivity contribution in [2.45, 2.75) is 63.6 Å². The lowest BCUT2D eigenvalue weighted by molar-refractivity contribution is -0.225. The first-order valence-corrected chi connectivity index (χ1v) is 11.7. The van der Waals surface area contributed by atoms with Gasteiger partial charge >= 0.3 is 0 Å². The van der Waals surface area contributed by atoms with Gasteiger partial charge in [-0.15, -0.1) is 0 Å². The number of carbonyl (C=O) groups excluding carboxylic acids is 1. The molecule has 5 atom stereocenters. The molecule has 0 saturated carbocycles. The summed E-state index contributed by atoms with van der Waals surface area (Å²) in [6, 6.07) is 13.0. The summed E-state index contributed by atoms with van der Waals surface area (Å²) in [4.78, 5) is 12.1. The minimum absolute atomic E-state index is 0.117. The van der Waals surface area contributed by atoms with Gasteiger partial charge in [0.05, 0.1) is 19.1 Å². The molecule has 1 aliphatic heterocycles. The van der Waals surface area contributed by atoms with Crippen molar-refractivity contribution >= 4 is 17.5 Å². The van der Waals surface area contributed by atoms with Gasteiger partial charge < -0.3 is 30.1 Å². The van der Waals surface area contributed by atoms with Crippen molar-refractivity contribution in [2.24, 2.45) is 0 Å². The van der Waals surface area contributed by atoms with Gasteiger partial charge in [0, 0.05) is 11.6 Å². The Morgan fingerprint density at radius 2 is 1.79 bits per heavy atom. The second kappa shape index (κ2) is 11.8. The fourth-order valence-electron chi connectivity index (χ4n) is 3.91. The first-order valence-electron chi connectivity index (χ1n) is 11.3. The Morgan fingerprint density at radius 1 is 1.06 bits per heavy atom. The molecule has 0 spiro atoms. The van der Waals surface area contributed by atoms with E-state index in [1.165, 1.54) is 0 Å². The summed E-state index contributed by atoms with van der Waals surface area (Å²) in [6.07, 6.45) is -4.82. The Labute approximate surface area is 199 Å². The summed E-state index contributed by atoms with van der Waals surface area (Å²) in [5.74, 6) is 0.511. The molecule has 7 nitrogen and oxygen atoms in total. The molecule has 8 heteroatoms. The quantitative estimate of drug-likeness (QED) is 0.442. The van der Waals surface area contributed by atoms with Crippen molar-refractivity contribution in [3.05, 3.63) is 64.2 Å². The molecule has 180 valence electrons. The van der Waals surface area contributed by atoms with Crippen LogP contribution in [0.25, 0.3) is 0 Å². The normalized spacial score (nSPS) is 25.0. The smallest absolute Gasteiger partial charge is 0.222 e. The molecule has 2 aromatic carbocycles. The monoisotopic (exact) mass is 477 g/mol. The minimum Gasteiger partial charge on any atom is -0.494 e. The fourth-order valence-corrected chi connectivity index (χ4v) is 4.10. The number of rotatable bonds is 9. The predicted molar refractivity (Wildman–Crippen MR) is 125 cm³/mol. The molecular weight excluding hydrogens is 446 g/mol. The SMILES string of the molecule is CCCNC(=O)C[C@@H]1O[C@@H](c2ccc(Cl)c(Cc3ccc(OCC)cc3)c2)[C@H](O)[C@H](O)[C@@H]1O. The van der Waals surface area contributed by atoms with E-state index in [4.69, 9.17) is 21.1 Å². The molecule has 2 aromatic rings. The highest BCUT2D eigenvalue weighted by atomic mass is 35.5. The fraction of sp³-hybridized carbons (Fsp3) is 0.480. The van der Waals surface area contributed by atoms with Crippen LogP contribution >= 0.6 is 11.6 Å². The molecule has 4 N–H and O–H groups in total. The molecule has 1 aliphatic rings. The summed E-state index contributed by atoms with van der Waals surface area (Å²) >= 11 is 6.43. The van der Waals surface area contributed by atoms with Crippen LogP contribution in [0.3, 0.4) is 0 Å². The van der Waals surface area contributed by atoms with E-state index in [1.807, 2.05) is 44.2 Å². The maximum absolute atomic E-state index is 12.1. The number of benzene rings is 2. The molecule has 0 bridgehead atoms. The van der Waals surface area contributed by atoms with Crippen LogP contribution in [0.4, 0.5) is 0 Å². The zero-order chi connectivity index (χ0) is 24.0. The van der Waals surface area contributed by atoms with E-state index in [0.29, 0.717) is 30.2 Å². The van der Waals surface area contributed by atoms with Crippen molar-refractivity contribution in [3.8, 4) is 5.75 Å². The van der Waals surface area contributed by atoms with Gasteiger partial charge in [-0.05, 0) is 54.7 Å². The second-order valence-electron chi connectivity index (χ2n) is 8.23. The van der Waals surface area contributed by atoms with Crippen LogP contribution < -0.4 is 10.1 Å². The molecule has 1 heterocycles. The van der Waals surface area contributed by atoms with E-state index < -0.39 is 30.5 Å². The lowest BCUT2D eigenvalue weighted by Gasteiger charge is -2.41. The van der Waals surface area contributed by atoms with Gasteiger partial charge in [0.2, 0.25) is 5.91 Å². The van der Waals surface area contributed by atoms with Gasteiger partial charge in [-0.1, -0.05) is 42.8 Å². The number of hydrogen-bond acceptors (Lipinski definition) is 6. The van der Waals surface area contributed by atoms with Crippen molar-refractivity contribution in [1.29, 1.82) is 0 Å². The van der Waals surface area contributed by atoms with Gasteiger partial charge in [0.25, 0.3) is 0 Å². The van der Waals surface area contributed by atoms with Gasteiger partial charge in [0.1, 0.15) is 30.2 Å². The first-order chi connectivity index (χ1) is 15.8. The van der Waals surface area contributed by atoms with E-state index >= 15 is 0 Å². The third-order valence-corrected chi connectivity index (χ3v) is 6.07. The average molecular weight is 478 g/mol. The number of ether oxygens (including phenoxy) is 2. The molecule has 1 saturated heterocycles. The molecule has 3 rings (SSSR count). The van der Waals surface area contributed by atoms with E-state index in [9.17, 15) is 20.1 Å². The lowest BCUT2D eigenvalue weighted by atomic mass is 9.89. The van der Waals surface area contributed by atoms with Crippen molar-refractivity contribution in [1.82, 2.24) is 5.32 Å². The van der Waals surface area contributed by atoms with Crippen LogP contribution in [-0.2, 0) is 16.0 Å². The maximum Gasteiger partial charge on any atom is 0.222 e.